The molecule has 2 heteroatoms. The molecule has 0 amide bonds. The van der Waals surface area contributed by atoms with Gasteiger partial charge in [-0.2, -0.15) is 0 Å². The smallest absolute Gasteiger partial charge is 0.0341 e. The van der Waals surface area contributed by atoms with Crippen LogP contribution < -0.4 is 5.32 Å². The van der Waals surface area contributed by atoms with Gasteiger partial charge in [0.2, 0.25) is 0 Å². The molecule has 0 aliphatic heterocycles. The van der Waals surface area contributed by atoms with Crippen LogP contribution in [-0.2, 0) is 6.42 Å². The van der Waals surface area contributed by atoms with Gasteiger partial charge in [0.15, 0.2) is 0 Å². The predicted octanol–water partition coefficient (Wildman–Crippen LogP) is 3.77. The fourth-order valence-corrected chi connectivity index (χ4v) is 3.21. The molecule has 0 saturated heterocycles. The van der Waals surface area contributed by atoms with Gasteiger partial charge >= 0.3 is 0 Å². The molecule has 104 valence electrons. The molecular formula is C18H22N2. The van der Waals surface area contributed by atoms with E-state index >= 15 is 0 Å². The van der Waals surface area contributed by atoms with Gasteiger partial charge in [0.25, 0.3) is 0 Å². The lowest BCUT2D eigenvalue weighted by Crippen LogP contribution is -2.27. The molecule has 2 unspecified atom stereocenters. The van der Waals surface area contributed by atoms with Crippen molar-refractivity contribution in [2.45, 2.75) is 38.6 Å². The van der Waals surface area contributed by atoms with Crippen LogP contribution in [0.2, 0.25) is 0 Å². The van der Waals surface area contributed by atoms with E-state index in [1.165, 1.54) is 28.7 Å². The van der Waals surface area contributed by atoms with Gasteiger partial charge in [0.1, 0.15) is 0 Å². The van der Waals surface area contributed by atoms with Crippen molar-refractivity contribution in [3.8, 4) is 0 Å². The van der Waals surface area contributed by atoms with Crippen molar-refractivity contribution in [2.75, 3.05) is 6.54 Å². The molecule has 1 aromatic heterocycles. The first-order valence-corrected chi connectivity index (χ1v) is 7.50. The van der Waals surface area contributed by atoms with Crippen molar-refractivity contribution >= 4 is 0 Å². The Morgan fingerprint density at radius 2 is 2.15 bits per heavy atom. The quantitative estimate of drug-likeness (QED) is 0.891. The van der Waals surface area contributed by atoms with Crippen molar-refractivity contribution in [3.05, 3.63) is 65.0 Å². The number of nitrogens with one attached hydrogen (secondary N) is 1. The third-order valence-electron chi connectivity index (χ3n) is 4.23. The Morgan fingerprint density at radius 1 is 1.30 bits per heavy atom. The average molecular weight is 266 g/mol. The lowest BCUT2D eigenvalue weighted by atomic mass is 9.74. The van der Waals surface area contributed by atoms with Crippen molar-refractivity contribution < 1.29 is 0 Å². The molecule has 0 bridgehead atoms. The van der Waals surface area contributed by atoms with Crippen LogP contribution in [0.25, 0.3) is 0 Å². The van der Waals surface area contributed by atoms with Gasteiger partial charge < -0.3 is 5.32 Å². The van der Waals surface area contributed by atoms with E-state index in [9.17, 15) is 0 Å². The van der Waals surface area contributed by atoms with Gasteiger partial charge in [-0.05, 0) is 54.5 Å². The summed E-state index contributed by atoms with van der Waals surface area (Å²) >= 11 is 0. The van der Waals surface area contributed by atoms with Gasteiger partial charge in [-0.3, -0.25) is 4.98 Å². The Morgan fingerprint density at radius 3 is 2.90 bits per heavy atom. The Hall–Kier alpha value is -1.67. The molecule has 0 spiro atoms. The first-order valence-electron chi connectivity index (χ1n) is 7.50. The van der Waals surface area contributed by atoms with Crippen LogP contribution in [0, 0.1) is 6.92 Å². The summed E-state index contributed by atoms with van der Waals surface area (Å²) in [5, 5.41) is 3.62. The summed E-state index contributed by atoms with van der Waals surface area (Å²) in [6.45, 7) is 5.27. The topological polar surface area (TPSA) is 24.9 Å². The highest BCUT2D eigenvalue weighted by atomic mass is 14.9. The van der Waals surface area contributed by atoms with E-state index in [0.717, 1.165) is 13.0 Å². The highest BCUT2D eigenvalue weighted by Gasteiger charge is 2.28. The first-order chi connectivity index (χ1) is 9.78. The van der Waals surface area contributed by atoms with Gasteiger partial charge in [-0.15, -0.1) is 0 Å². The summed E-state index contributed by atoms with van der Waals surface area (Å²) in [7, 11) is 0. The SMILES string of the molecule is CCNC(CC1Cc2ccccc21)c1cncc(C)c1. The maximum absolute atomic E-state index is 4.34. The van der Waals surface area contributed by atoms with E-state index in [-0.39, 0.29) is 0 Å². The molecule has 3 rings (SSSR count). The van der Waals surface area contributed by atoms with Gasteiger partial charge in [-0.25, -0.2) is 0 Å². The van der Waals surface area contributed by atoms with Crippen LogP contribution in [0.1, 0.15) is 47.6 Å². The fraction of sp³-hybridized carbons (Fsp3) is 0.389. The lowest BCUT2D eigenvalue weighted by molar-refractivity contribution is 0.435. The Balaban J connectivity index is 1.76. The van der Waals surface area contributed by atoms with Gasteiger partial charge in [-0.1, -0.05) is 37.3 Å². The fourth-order valence-electron chi connectivity index (χ4n) is 3.21. The number of nitrogens with zero attached hydrogens (tertiary/aromatic N) is 1. The Bertz CT molecular complexity index is 591. The van der Waals surface area contributed by atoms with Crippen LogP contribution in [0.15, 0.2) is 42.7 Å². The van der Waals surface area contributed by atoms with Gasteiger partial charge in [0.05, 0.1) is 0 Å². The van der Waals surface area contributed by atoms with Crippen LogP contribution in [0.4, 0.5) is 0 Å². The lowest BCUT2D eigenvalue weighted by Gasteiger charge is -2.33. The summed E-state index contributed by atoms with van der Waals surface area (Å²) < 4.78 is 0. The van der Waals surface area contributed by atoms with Crippen molar-refractivity contribution in [1.82, 2.24) is 10.3 Å². The third kappa shape index (κ3) is 2.61. The maximum atomic E-state index is 4.34. The zero-order valence-electron chi connectivity index (χ0n) is 12.3. The van der Waals surface area contributed by atoms with Crippen LogP contribution in [0.3, 0.4) is 0 Å². The minimum atomic E-state index is 0.408. The molecule has 1 aliphatic rings. The Labute approximate surface area is 121 Å². The highest BCUT2D eigenvalue weighted by molar-refractivity contribution is 5.40. The number of hydrogen-bond acceptors (Lipinski definition) is 2. The molecule has 1 aliphatic carbocycles. The molecule has 20 heavy (non-hydrogen) atoms. The number of pyridine rings is 1. The van der Waals surface area contributed by atoms with E-state index < -0.39 is 0 Å². The molecule has 2 nitrogen and oxygen atoms in total. The molecule has 0 saturated carbocycles. The van der Waals surface area contributed by atoms with Crippen molar-refractivity contribution in [2.24, 2.45) is 0 Å². The number of benzene rings is 1. The van der Waals surface area contributed by atoms with E-state index in [2.05, 4.69) is 54.5 Å². The summed E-state index contributed by atoms with van der Waals surface area (Å²) in [4.78, 5) is 4.34. The monoisotopic (exact) mass is 266 g/mol. The first kappa shape index (κ1) is 13.3. The van der Waals surface area contributed by atoms with E-state index in [1.54, 1.807) is 0 Å². The molecule has 0 fully saturated rings. The minimum Gasteiger partial charge on any atom is -0.310 e. The number of fused-ring (bicyclic) bond motifs is 1. The molecule has 2 atom stereocenters. The summed E-state index contributed by atoms with van der Waals surface area (Å²) in [5.74, 6) is 0.691. The predicted molar refractivity (Wildman–Crippen MR) is 82.9 cm³/mol. The van der Waals surface area contributed by atoms with Crippen LogP contribution in [0.5, 0.6) is 0 Å². The van der Waals surface area contributed by atoms with Crippen LogP contribution >= 0.6 is 0 Å². The molecule has 2 aromatic rings. The second-order valence-electron chi connectivity index (χ2n) is 5.74. The third-order valence-corrected chi connectivity index (χ3v) is 4.23. The molecule has 1 aromatic carbocycles. The second kappa shape index (κ2) is 5.76. The second-order valence-corrected chi connectivity index (χ2v) is 5.74. The molecule has 1 N–H and O–H groups in total. The molecule has 1 heterocycles. The Kier molecular flexibility index (Phi) is 3.83. The normalized spacial score (nSPS) is 18.2. The minimum absolute atomic E-state index is 0.408. The van der Waals surface area contributed by atoms with E-state index in [4.69, 9.17) is 0 Å². The zero-order chi connectivity index (χ0) is 13.9. The zero-order valence-corrected chi connectivity index (χ0v) is 12.3. The van der Waals surface area contributed by atoms with Crippen LogP contribution in [-0.4, -0.2) is 11.5 Å². The molecular weight excluding hydrogens is 244 g/mol. The summed E-state index contributed by atoms with van der Waals surface area (Å²) in [6, 6.07) is 11.5. The summed E-state index contributed by atoms with van der Waals surface area (Å²) in [5.41, 5.74) is 5.61. The van der Waals surface area contributed by atoms with E-state index in [1.807, 2.05) is 12.4 Å². The standard InChI is InChI=1S/C18H22N2/c1-3-20-18(16-8-13(2)11-19-12-16)10-15-9-14-6-4-5-7-17(14)15/h4-8,11-12,15,18,20H,3,9-10H2,1-2H3. The van der Waals surface area contributed by atoms with E-state index in [0.29, 0.717) is 12.0 Å². The van der Waals surface area contributed by atoms with Gasteiger partial charge in [0, 0.05) is 18.4 Å². The highest BCUT2D eigenvalue weighted by Crippen LogP contribution is 2.40. The summed E-state index contributed by atoms with van der Waals surface area (Å²) in [6.07, 6.45) is 6.31. The number of hydrogen-bond donors (Lipinski definition) is 1. The van der Waals surface area contributed by atoms with Crippen molar-refractivity contribution in [1.29, 1.82) is 0 Å². The number of aryl methyl sites for hydroxylation is 1. The number of aromatic nitrogens is 1. The van der Waals surface area contributed by atoms with Crippen molar-refractivity contribution in [3.63, 3.8) is 0 Å². The average Bonchev–Trinajstić information content (AvgIpc) is 2.43. The largest absolute Gasteiger partial charge is 0.310 e. The maximum Gasteiger partial charge on any atom is 0.0341 e. The number of rotatable bonds is 5. The molecule has 0 radical (unpaired) electrons.